The van der Waals surface area contributed by atoms with Crippen molar-refractivity contribution >= 4 is 23.5 Å². The van der Waals surface area contributed by atoms with Crippen molar-refractivity contribution in [2.45, 2.75) is 17.1 Å². The molecule has 1 rings (SSSR count). The third-order valence-electron chi connectivity index (χ3n) is 1.34. The zero-order valence-corrected chi connectivity index (χ0v) is 8.70. The zero-order valence-electron chi connectivity index (χ0n) is 7.07. The Morgan fingerprint density at radius 1 is 0.933 bits per heavy atom. The molecular formula is C6H4F6OS2. The van der Waals surface area contributed by atoms with Gasteiger partial charge in [0.25, 0.3) is 0 Å². The molecule has 0 saturated carbocycles. The van der Waals surface area contributed by atoms with Gasteiger partial charge in [0.1, 0.15) is 9.81 Å². The number of rotatable bonds is 1. The normalized spacial score (nSPS) is 20.2. The van der Waals surface area contributed by atoms with E-state index < -0.39 is 26.9 Å². The topological polar surface area (TPSA) is 9.23 Å². The van der Waals surface area contributed by atoms with E-state index in [-0.39, 0.29) is 23.5 Å². The van der Waals surface area contributed by atoms with Gasteiger partial charge in [-0.1, -0.05) is 23.5 Å². The lowest BCUT2D eigenvalue weighted by Gasteiger charge is -2.10. The summed E-state index contributed by atoms with van der Waals surface area (Å²) in [6, 6.07) is 0. The fourth-order valence-electron chi connectivity index (χ4n) is 0.811. The third kappa shape index (κ3) is 2.97. The minimum absolute atomic E-state index is 0.0279. The maximum absolute atomic E-state index is 12.2. The predicted octanol–water partition coefficient (Wildman–Crippen LogP) is 3.73. The van der Waals surface area contributed by atoms with Crippen LogP contribution in [0.15, 0.2) is 9.81 Å². The summed E-state index contributed by atoms with van der Waals surface area (Å²) in [5.74, 6) is 0. The Morgan fingerprint density at radius 2 is 1.27 bits per heavy atom. The van der Waals surface area contributed by atoms with Crippen molar-refractivity contribution in [3.05, 3.63) is 9.81 Å². The van der Waals surface area contributed by atoms with Crippen LogP contribution in [0, 0.1) is 0 Å². The zero-order chi connectivity index (χ0) is 11.9. The molecule has 0 fully saturated rings. The van der Waals surface area contributed by atoms with Crippen LogP contribution < -0.4 is 0 Å². The molecule has 1 aliphatic heterocycles. The molecule has 0 aliphatic carbocycles. The van der Waals surface area contributed by atoms with E-state index in [1.807, 2.05) is 0 Å². The highest BCUT2D eigenvalue weighted by atomic mass is 32.2. The fourth-order valence-corrected chi connectivity index (χ4v) is 3.16. The second-order valence-electron chi connectivity index (χ2n) is 2.41. The number of methoxy groups -OCH3 is 1. The van der Waals surface area contributed by atoms with Gasteiger partial charge < -0.3 is 4.74 Å². The van der Waals surface area contributed by atoms with Crippen LogP contribution in [-0.4, -0.2) is 24.2 Å². The molecule has 15 heavy (non-hydrogen) atoms. The van der Waals surface area contributed by atoms with Gasteiger partial charge in [0.15, 0.2) is 4.77 Å². The minimum atomic E-state index is -4.99. The summed E-state index contributed by atoms with van der Waals surface area (Å²) < 4.78 is 76.5. The highest BCUT2D eigenvalue weighted by Crippen LogP contribution is 2.56. The van der Waals surface area contributed by atoms with Crippen molar-refractivity contribution in [2.24, 2.45) is 0 Å². The van der Waals surface area contributed by atoms with Gasteiger partial charge in [-0.3, -0.25) is 0 Å². The van der Waals surface area contributed by atoms with Gasteiger partial charge in [-0.15, -0.1) is 0 Å². The van der Waals surface area contributed by atoms with Gasteiger partial charge in [-0.2, -0.15) is 26.3 Å². The lowest BCUT2D eigenvalue weighted by molar-refractivity contribution is -0.103. The molecule has 88 valence electrons. The summed E-state index contributed by atoms with van der Waals surface area (Å²) >= 11 is 0.0559. The largest absolute Gasteiger partial charge is 0.423 e. The quantitative estimate of drug-likeness (QED) is 0.672. The Balaban J connectivity index is 3.04. The number of alkyl halides is 6. The molecule has 0 amide bonds. The van der Waals surface area contributed by atoms with Crippen LogP contribution in [0.5, 0.6) is 0 Å². The molecule has 0 aromatic heterocycles. The summed E-state index contributed by atoms with van der Waals surface area (Å²) in [5, 5.41) is 0. The van der Waals surface area contributed by atoms with Crippen molar-refractivity contribution in [3.8, 4) is 0 Å². The second kappa shape index (κ2) is 4.10. The lowest BCUT2D eigenvalue weighted by Crippen LogP contribution is -2.16. The molecule has 0 N–H and O–H groups in total. The molecular weight excluding hydrogens is 266 g/mol. The molecule has 0 aromatic rings. The molecule has 0 radical (unpaired) electrons. The Morgan fingerprint density at radius 3 is 1.47 bits per heavy atom. The number of thioether (sulfide) groups is 2. The van der Waals surface area contributed by atoms with E-state index in [9.17, 15) is 26.3 Å². The van der Waals surface area contributed by atoms with Gasteiger partial charge in [-0.05, 0) is 0 Å². The Kier molecular flexibility index (Phi) is 3.56. The van der Waals surface area contributed by atoms with E-state index in [4.69, 9.17) is 0 Å². The molecule has 1 nitrogen and oxygen atoms in total. The van der Waals surface area contributed by atoms with Crippen molar-refractivity contribution in [2.75, 3.05) is 7.11 Å². The lowest BCUT2D eigenvalue weighted by atomic mass is 10.4. The number of allylic oxidation sites excluding steroid dienone is 2. The smallest absolute Gasteiger partial charge is 0.360 e. The predicted molar refractivity (Wildman–Crippen MR) is 45.1 cm³/mol. The number of ether oxygens (including phenoxy) is 1. The van der Waals surface area contributed by atoms with Gasteiger partial charge in [0.2, 0.25) is 0 Å². The molecule has 0 saturated heterocycles. The summed E-state index contributed by atoms with van der Waals surface area (Å²) in [7, 11) is 1.05. The fraction of sp³-hybridized carbons (Fsp3) is 0.667. The monoisotopic (exact) mass is 270 g/mol. The average molecular weight is 270 g/mol. The van der Waals surface area contributed by atoms with Crippen LogP contribution in [0.3, 0.4) is 0 Å². The maximum atomic E-state index is 12.2. The van der Waals surface area contributed by atoms with Crippen LogP contribution in [0.2, 0.25) is 0 Å². The first kappa shape index (κ1) is 13.0. The molecule has 9 heteroatoms. The van der Waals surface area contributed by atoms with Crippen molar-refractivity contribution in [1.82, 2.24) is 0 Å². The van der Waals surface area contributed by atoms with Crippen molar-refractivity contribution < 1.29 is 31.1 Å². The van der Waals surface area contributed by atoms with Crippen LogP contribution in [0.1, 0.15) is 0 Å². The molecule has 0 bridgehead atoms. The Labute approximate surface area is 89.2 Å². The van der Waals surface area contributed by atoms with E-state index in [0.717, 1.165) is 7.11 Å². The van der Waals surface area contributed by atoms with E-state index in [2.05, 4.69) is 4.74 Å². The summed E-state index contributed by atoms with van der Waals surface area (Å²) in [6.07, 6.45) is -9.98. The van der Waals surface area contributed by atoms with Crippen LogP contribution in [0.25, 0.3) is 0 Å². The molecule has 1 aliphatic rings. The van der Waals surface area contributed by atoms with E-state index >= 15 is 0 Å². The first-order chi connectivity index (χ1) is 6.66. The summed E-state index contributed by atoms with van der Waals surface area (Å²) in [6.45, 7) is 0. The molecule has 1 heterocycles. The molecule has 0 spiro atoms. The third-order valence-corrected chi connectivity index (χ3v) is 4.16. The molecule has 0 unspecified atom stereocenters. The molecule has 0 atom stereocenters. The Hall–Kier alpha value is -0.0200. The standard InChI is InChI=1S/C6H4F6OS2/c1-13-4-14-2(5(7,8)9)3(15-4)6(10,11)12/h4H,1H3. The second-order valence-corrected chi connectivity index (χ2v) is 4.86. The first-order valence-corrected chi connectivity index (χ1v) is 5.17. The maximum Gasteiger partial charge on any atom is 0.423 e. The summed E-state index contributed by atoms with van der Waals surface area (Å²) in [5.41, 5.74) is 0. The minimum Gasteiger partial charge on any atom is -0.360 e. The molecule has 0 aromatic carbocycles. The van der Waals surface area contributed by atoms with E-state index in [1.165, 1.54) is 0 Å². The summed E-state index contributed by atoms with van der Waals surface area (Å²) in [4.78, 5) is -3.27. The van der Waals surface area contributed by atoms with Crippen molar-refractivity contribution in [1.29, 1.82) is 0 Å². The highest BCUT2D eigenvalue weighted by Gasteiger charge is 2.51. The SMILES string of the molecule is COC1SC(C(F)(F)F)=C(C(F)(F)F)S1. The van der Waals surface area contributed by atoms with E-state index in [0.29, 0.717) is 0 Å². The van der Waals surface area contributed by atoms with Gasteiger partial charge >= 0.3 is 12.4 Å². The number of halogens is 6. The van der Waals surface area contributed by atoms with Gasteiger partial charge in [0, 0.05) is 7.11 Å². The first-order valence-electron chi connectivity index (χ1n) is 3.41. The average Bonchev–Trinajstić information content (AvgIpc) is 2.44. The van der Waals surface area contributed by atoms with Gasteiger partial charge in [-0.25, -0.2) is 0 Å². The number of hydrogen-bond acceptors (Lipinski definition) is 3. The van der Waals surface area contributed by atoms with E-state index in [1.54, 1.807) is 0 Å². The number of hydrogen-bond donors (Lipinski definition) is 0. The Bertz CT molecular complexity index is 254. The van der Waals surface area contributed by atoms with Crippen molar-refractivity contribution in [3.63, 3.8) is 0 Å². The van der Waals surface area contributed by atoms with Crippen LogP contribution >= 0.6 is 23.5 Å². The van der Waals surface area contributed by atoms with Crippen LogP contribution in [-0.2, 0) is 4.74 Å². The van der Waals surface area contributed by atoms with Gasteiger partial charge in [0.05, 0.1) is 0 Å². The van der Waals surface area contributed by atoms with Crippen LogP contribution in [0.4, 0.5) is 26.3 Å². The highest BCUT2D eigenvalue weighted by molar-refractivity contribution is 8.23.